The molecule has 2 heterocycles. The van der Waals surface area contributed by atoms with Gasteiger partial charge in [0.2, 0.25) is 0 Å². The van der Waals surface area contributed by atoms with E-state index in [4.69, 9.17) is 10.1 Å². The summed E-state index contributed by atoms with van der Waals surface area (Å²) in [5.74, 6) is 0.303. The lowest BCUT2D eigenvalue weighted by Crippen LogP contribution is -2.16. The number of aliphatic carboxylic acids is 1. The number of nitrogens with one attached hydrogen (secondary N) is 1. The van der Waals surface area contributed by atoms with E-state index in [1.165, 1.54) is 16.1 Å². The minimum atomic E-state index is -1.05. The van der Waals surface area contributed by atoms with E-state index >= 15 is 0 Å². The Balaban J connectivity index is 1.52. The van der Waals surface area contributed by atoms with Crippen molar-refractivity contribution in [2.45, 2.75) is 62.2 Å². The summed E-state index contributed by atoms with van der Waals surface area (Å²) in [6.45, 7) is 1.95. The van der Waals surface area contributed by atoms with Crippen LogP contribution in [0.15, 0.2) is 22.4 Å². The first-order chi connectivity index (χ1) is 14.5. The Hall–Kier alpha value is -1.57. The van der Waals surface area contributed by atoms with Gasteiger partial charge in [-0.25, -0.2) is 4.98 Å². The summed E-state index contributed by atoms with van der Waals surface area (Å²) in [5, 5.41) is 15.6. The van der Waals surface area contributed by atoms with Crippen LogP contribution < -0.4 is 5.32 Å². The lowest BCUT2D eigenvalue weighted by Gasteiger charge is -2.26. The SMILES string of the molecule is CS(=O)c1cc2c(cc1-c1csc(C3CCC(CCC(=O)O)CC3)n1)CCNCC2. The number of carboxylic acid groups (broad SMARTS) is 1. The van der Waals surface area contributed by atoms with E-state index in [-0.39, 0.29) is 6.42 Å². The molecule has 1 saturated carbocycles. The summed E-state index contributed by atoms with van der Waals surface area (Å²) in [6.07, 6.45) is 9.14. The second-order valence-electron chi connectivity index (χ2n) is 8.54. The largest absolute Gasteiger partial charge is 0.481 e. The van der Waals surface area contributed by atoms with Crippen LogP contribution in [-0.2, 0) is 28.4 Å². The zero-order valence-electron chi connectivity index (χ0n) is 17.5. The summed E-state index contributed by atoms with van der Waals surface area (Å²) in [6, 6.07) is 4.36. The molecule has 0 amide bonds. The molecule has 2 N–H and O–H groups in total. The van der Waals surface area contributed by atoms with Gasteiger partial charge in [0.25, 0.3) is 0 Å². The fourth-order valence-corrected chi connectivity index (χ4v) is 6.54. The molecule has 1 unspecified atom stereocenters. The molecule has 1 aliphatic heterocycles. The van der Waals surface area contributed by atoms with E-state index in [2.05, 4.69) is 22.8 Å². The van der Waals surface area contributed by atoms with E-state index in [0.717, 1.165) is 74.2 Å². The molecule has 5 nitrogen and oxygen atoms in total. The van der Waals surface area contributed by atoms with Crippen molar-refractivity contribution in [1.82, 2.24) is 10.3 Å². The second-order valence-corrected chi connectivity index (χ2v) is 10.8. The summed E-state index contributed by atoms with van der Waals surface area (Å²) >= 11 is 1.72. The van der Waals surface area contributed by atoms with Crippen molar-refractivity contribution in [3.8, 4) is 11.3 Å². The van der Waals surface area contributed by atoms with Crippen LogP contribution in [0, 0.1) is 5.92 Å². The molecule has 0 radical (unpaired) electrons. The molecule has 2 aromatic rings. The Morgan fingerprint density at radius 2 is 1.90 bits per heavy atom. The predicted molar refractivity (Wildman–Crippen MR) is 122 cm³/mol. The number of hydrogen-bond acceptors (Lipinski definition) is 5. The number of carboxylic acids is 1. The molecule has 1 atom stereocenters. The molecule has 4 rings (SSSR count). The minimum Gasteiger partial charge on any atom is -0.481 e. The summed E-state index contributed by atoms with van der Waals surface area (Å²) in [7, 11) is -1.05. The molecule has 2 aliphatic rings. The van der Waals surface area contributed by atoms with Crippen molar-refractivity contribution < 1.29 is 14.1 Å². The van der Waals surface area contributed by atoms with Gasteiger partial charge in [-0.2, -0.15) is 0 Å². The number of benzene rings is 1. The van der Waals surface area contributed by atoms with E-state index < -0.39 is 16.8 Å². The van der Waals surface area contributed by atoms with Crippen LogP contribution >= 0.6 is 11.3 Å². The highest BCUT2D eigenvalue weighted by molar-refractivity contribution is 7.84. The molecule has 1 aliphatic carbocycles. The van der Waals surface area contributed by atoms with Crippen LogP contribution in [-0.4, -0.2) is 39.6 Å². The van der Waals surface area contributed by atoms with Gasteiger partial charge >= 0.3 is 5.97 Å². The maximum absolute atomic E-state index is 12.5. The molecule has 0 saturated heterocycles. The smallest absolute Gasteiger partial charge is 0.303 e. The standard InChI is InChI=1S/C23H30N2O3S2/c1-30(28)21-13-18-9-11-24-10-8-17(18)12-19(21)20-14-29-23(25-20)16-5-2-15(3-6-16)4-7-22(26)27/h12-16,24H,2-11H2,1H3,(H,26,27). The molecule has 1 aromatic carbocycles. The molecule has 0 spiro atoms. The number of fused-ring (bicyclic) bond motifs is 1. The van der Waals surface area contributed by atoms with E-state index in [9.17, 15) is 9.00 Å². The molecule has 7 heteroatoms. The topological polar surface area (TPSA) is 79.3 Å². The molecule has 1 fully saturated rings. The summed E-state index contributed by atoms with van der Waals surface area (Å²) < 4.78 is 12.5. The predicted octanol–water partition coefficient (Wildman–Crippen LogP) is 4.37. The highest BCUT2D eigenvalue weighted by atomic mass is 32.2. The third-order valence-corrected chi connectivity index (χ3v) is 8.48. The number of rotatable bonds is 6. The Labute approximate surface area is 184 Å². The number of aromatic nitrogens is 1. The monoisotopic (exact) mass is 446 g/mol. The molecule has 30 heavy (non-hydrogen) atoms. The molecular weight excluding hydrogens is 416 g/mol. The Morgan fingerprint density at radius 3 is 2.57 bits per heavy atom. The average Bonchev–Trinajstić information content (AvgIpc) is 3.11. The van der Waals surface area contributed by atoms with Crippen LogP contribution in [0.3, 0.4) is 0 Å². The van der Waals surface area contributed by atoms with Crippen LogP contribution in [0.2, 0.25) is 0 Å². The number of carbonyl (C=O) groups is 1. The van der Waals surface area contributed by atoms with Gasteiger partial charge in [-0.1, -0.05) is 0 Å². The normalized spacial score (nSPS) is 22.8. The van der Waals surface area contributed by atoms with E-state index in [1.807, 2.05) is 0 Å². The molecule has 1 aromatic heterocycles. The quantitative estimate of drug-likeness (QED) is 0.689. The van der Waals surface area contributed by atoms with Gasteiger partial charge in [0.1, 0.15) is 0 Å². The third-order valence-electron chi connectivity index (χ3n) is 6.51. The van der Waals surface area contributed by atoms with Gasteiger partial charge in [-0.3, -0.25) is 9.00 Å². The Bertz CT molecular complexity index is 933. The first-order valence-corrected chi connectivity index (χ1v) is 13.3. The van der Waals surface area contributed by atoms with Gasteiger partial charge in [0.15, 0.2) is 0 Å². The number of thiazole rings is 1. The Morgan fingerprint density at radius 1 is 1.20 bits per heavy atom. The number of nitrogens with zero attached hydrogens (tertiary/aromatic N) is 1. The maximum atomic E-state index is 12.5. The molecule has 162 valence electrons. The summed E-state index contributed by atoms with van der Waals surface area (Å²) in [5.41, 5.74) is 4.63. The average molecular weight is 447 g/mol. The molecular formula is C23H30N2O3S2. The Kier molecular flexibility index (Phi) is 7.01. The third kappa shape index (κ3) is 5.01. The lowest BCUT2D eigenvalue weighted by atomic mass is 9.80. The van der Waals surface area contributed by atoms with Gasteiger partial charge in [-0.05, 0) is 87.2 Å². The maximum Gasteiger partial charge on any atom is 0.303 e. The highest BCUT2D eigenvalue weighted by Crippen LogP contribution is 2.40. The van der Waals surface area contributed by atoms with Gasteiger partial charge in [-0.15, -0.1) is 11.3 Å². The van der Waals surface area contributed by atoms with Crippen molar-refractivity contribution in [3.63, 3.8) is 0 Å². The fourth-order valence-electron chi connectivity index (χ4n) is 4.77. The lowest BCUT2D eigenvalue weighted by molar-refractivity contribution is -0.137. The fraction of sp³-hybridized carbons (Fsp3) is 0.565. The van der Waals surface area contributed by atoms with Gasteiger partial charge in [0, 0.05) is 34.4 Å². The van der Waals surface area contributed by atoms with E-state index in [0.29, 0.717) is 11.8 Å². The number of hydrogen-bond donors (Lipinski definition) is 2. The summed E-state index contributed by atoms with van der Waals surface area (Å²) in [4.78, 5) is 16.7. The zero-order chi connectivity index (χ0) is 21.1. The second kappa shape index (κ2) is 9.71. The van der Waals surface area contributed by atoms with Crippen molar-refractivity contribution in [2.24, 2.45) is 5.92 Å². The van der Waals surface area contributed by atoms with Crippen molar-refractivity contribution in [3.05, 3.63) is 33.6 Å². The van der Waals surface area contributed by atoms with Crippen molar-refractivity contribution in [2.75, 3.05) is 19.3 Å². The first kappa shape index (κ1) is 21.7. The van der Waals surface area contributed by atoms with Gasteiger partial charge < -0.3 is 10.4 Å². The van der Waals surface area contributed by atoms with Crippen molar-refractivity contribution >= 4 is 28.1 Å². The van der Waals surface area contributed by atoms with Crippen molar-refractivity contribution in [1.29, 1.82) is 0 Å². The van der Waals surface area contributed by atoms with Crippen LogP contribution in [0.25, 0.3) is 11.3 Å². The van der Waals surface area contributed by atoms with E-state index in [1.54, 1.807) is 17.6 Å². The van der Waals surface area contributed by atoms with Crippen LogP contribution in [0.4, 0.5) is 0 Å². The molecule has 0 bridgehead atoms. The first-order valence-electron chi connectivity index (χ1n) is 10.9. The van der Waals surface area contributed by atoms with Crippen LogP contribution in [0.5, 0.6) is 0 Å². The van der Waals surface area contributed by atoms with Crippen LogP contribution in [0.1, 0.15) is 60.6 Å². The minimum absolute atomic E-state index is 0.279. The van der Waals surface area contributed by atoms with Gasteiger partial charge in [0.05, 0.1) is 21.5 Å². The zero-order valence-corrected chi connectivity index (χ0v) is 19.1. The highest BCUT2D eigenvalue weighted by Gasteiger charge is 2.26.